The van der Waals surface area contributed by atoms with Crippen LogP contribution in [0.15, 0.2) is 72.8 Å². The van der Waals surface area contributed by atoms with Crippen LogP contribution in [-0.2, 0) is 22.2 Å². The van der Waals surface area contributed by atoms with Gasteiger partial charge in [-0.15, -0.1) is 0 Å². The van der Waals surface area contributed by atoms with Gasteiger partial charge in [0, 0.05) is 19.0 Å². The Kier molecular flexibility index (Phi) is 7.14. The molecule has 2 N–H and O–H groups in total. The number of rotatable bonds is 7. The van der Waals surface area contributed by atoms with Crippen molar-refractivity contribution in [2.75, 3.05) is 17.2 Å². The fourth-order valence-corrected chi connectivity index (χ4v) is 3.10. The molecule has 0 saturated carbocycles. The fourth-order valence-electron chi connectivity index (χ4n) is 3.10. The molecule has 0 unspecified atom stereocenters. The van der Waals surface area contributed by atoms with Crippen molar-refractivity contribution >= 4 is 23.2 Å². The number of carbonyl (C=O) groups is 2. The van der Waals surface area contributed by atoms with Gasteiger partial charge in [-0.25, -0.2) is 0 Å². The number of alkyl halides is 3. The van der Waals surface area contributed by atoms with Crippen molar-refractivity contribution in [3.63, 3.8) is 0 Å². The van der Waals surface area contributed by atoms with Crippen molar-refractivity contribution < 1.29 is 27.5 Å². The van der Waals surface area contributed by atoms with Crippen LogP contribution in [-0.4, -0.2) is 18.4 Å². The zero-order chi connectivity index (χ0) is 23.1. The molecule has 0 aliphatic heterocycles. The molecule has 0 bridgehead atoms. The average molecular weight is 442 g/mol. The summed E-state index contributed by atoms with van der Waals surface area (Å²) in [5, 5.41) is 4.53. The first-order valence-corrected chi connectivity index (χ1v) is 9.75. The van der Waals surface area contributed by atoms with E-state index in [0.717, 1.165) is 23.3 Å². The number of nitrogens with one attached hydrogen (secondary N) is 2. The summed E-state index contributed by atoms with van der Waals surface area (Å²) in [6, 6.07) is 20.0. The molecule has 8 heteroatoms. The van der Waals surface area contributed by atoms with Gasteiger partial charge in [0.15, 0.2) is 6.61 Å². The molecule has 0 radical (unpaired) electrons. The standard InChI is InChI=1S/C24H21F3N2O3/c1-16(30)28-19-11-12-21(20(14-19)24(25,26)27)29-23(31)15-32-22-10-6-5-9-18(22)13-17-7-3-2-4-8-17/h2-12,14H,13,15H2,1H3,(H,28,30)(H,29,31). The molecule has 0 saturated heterocycles. The Labute approximate surface area is 183 Å². The van der Waals surface area contributed by atoms with E-state index in [1.807, 2.05) is 42.5 Å². The van der Waals surface area contributed by atoms with Gasteiger partial charge >= 0.3 is 6.18 Å². The Hall–Kier alpha value is -3.81. The van der Waals surface area contributed by atoms with Crippen LogP contribution >= 0.6 is 0 Å². The van der Waals surface area contributed by atoms with Crippen molar-refractivity contribution in [3.05, 3.63) is 89.5 Å². The third kappa shape index (κ3) is 6.34. The van der Waals surface area contributed by atoms with Crippen molar-refractivity contribution in [2.45, 2.75) is 19.5 Å². The number of hydrogen-bond donors (Lipinski definition) is 2. The molecular formula is C24H21F3N2O3. The number of halogens is 3. The number of para-hydroxylation sites is 1. The lowest BCUT2D eigenvalue weighted by Crippen LogP contribution is -2.23. The third-order valence-corrected chi connectivity index (χ3v) is 4.49. The Morgan fingerprint density at radius 3 is 2.28 bits per heavy atom. The highest BCUT2D eigenvalue weighted by atomic mass is 19.4. The van der Waals surface area contributed by atoms with Gasteiger partial charge in [-0.2, -0.15) is 13.2 Å². The second-order valence-electron chi connectivity index (χ2n) is 7.05. The lowest BCUT2D eigenvalue weighted by atomic mass is 10.0. The summed E-state index contributed by atoms with van der Waals surface area (Å²) in [4.78, 5) is 23.4. The first-order valence-electron chi connectivity index (χ1n) is 9.75. The van der Waals surface area contributed by atoms with Gasteiger partial charge in [-0.1, -0.05) is 48.5 Å². The van der Waals surface area contributed by atoms with E-state index >= 15 is 0 Å². The van der Waals surface area contributed by atoms with E-state index in [1.54, 1.807) is 12.1 Å². The molecule has 0 fully saturated rings. The molecule has 32 heavy (non-hydrogen) atoms. The van der Waals surface area contributed by atoms with Gasteiger partial charge in [-0.05, 0) is 35.4 Å². The Bertz CT molecular complexity index is 1100. The Morgan fingerprint density at radius 1 is 0.906 bits per heavy atom. The summed E-state index contributed by atoms with van der Waals surface area (Å²) in [5.74, 6) is -0.765. The third-order valence-electron chi connectivity index (χ3n) is 4.49. The molecule has 0 spiro atoms. The second kappa shape index (κ2) is 10.00. The maximum atomic E-state index is 13.4. The van der Waals surface area contributed by atoms with Crippen LogP contribution in [0.4, 0.5) is 24.5 Å². The predicted octanol–water partition coefficient (Wildman–Crippen LogP) is 5.27. The second-order valence-corrected chi connectivity index (χ2v) is 7.05. The SMILES string of the molecule is CC(=O)Nc1ccc(NC(=O)COc2ccccc2Cc2ccccc2)c(C(F)(F)F)c1. The van der Waals surface area contributed by atoms with Crippen LogP contribution in [0.3, 0.4) is 0 Å². The van der Waals surface area contributed by atoms with Crippen LogP contribution < -0.4 is 15.4 Å². The molecule has 3 aromatic rings. The molecule has 0 aliphatic carbocycles. The minimum absolute atomic E-state index is 0.0195. The van der Waals surface area contributed by atoms with E-state index < -0.39 is 35.8 Å². The van der Waals surface area contributed by atoms with E-state index in [1.165, 1.54) is 13.0 Å². The minimum atomic E-state index is -4.72. The Morgan fingerprint density at radius 2 is 1.59 bits per heavy atom. The molecular weight excluding hydrogens is 421 g/mol. The maximum absolute atomic E-state index is 13.4. The van der Waals surface area contributed by atoms with Crippen molar-refractivity contribution in [1.82, 2.24) is 0 Å². The zero-order valence-electron chi connectivity index (χ0n) is 17.2. The summed E-state index contributed by atoms with van der Waals surface area (Å²) in [5.41, 5.74) is 0.400. The number of ether oxygens (including phenoxy) is 1. The van der Waals surface area contributed by atoms with Crippen LogP contribution in [0.5, 0.6) is 5.75 Å². The van der Waals surface area contributed by atoms with Gasteiger partial charge in [0.2, 0.25) is 5.91 Å². The van der Waals surface area contributed by atoms with Crippen LogP contribution in [0.2, 0.25) is 0 Å². The normalized spacial score (nSPS) is 11.0. The van der Waals surface area contributed by atoms with E-state index in [2.05, 4.69) is 10.6 Å². The lowest BCUT2D eigenvalue weighted by Gasteiger charge is -2.16. The van der Waals surface area contributed by atoms with Gasteiger partial charge in [0.1, 0.15) is 5.75 Å². The summed E-state index contributed by atoms with van der Waals surface area (Å²) < 4.78 is 45.9. The number of anilines is 2. The maximum Gasteiger partial charge on any atom is 0.418 e. The highest BCUT2D eigenvalue weighted by Gasteiger charge is 2.34. The Balaban J connectivity index is 1.70. The smallest absolute Gasteiger partial charge is 0.418 e. The number of carbonyl (C=O) groups excluding carboxylic acids is 2. The molecule has 0 heterocycles. The van der Waals surface area contributed by atoms with Crippen LogP contribution in [0.25, 0.3) is 0 Å². The molecule has 0 aromatic heterocycles. The number of amides is 2. The molecule has 3 aromatic carbocycles. The van der Waals surface area contributed by atoms with Gasteiger partial charge in [0.25, 0.3) is 5.91 Å². The van der Waals surface area contributed by atoms with E-state index in [4.69, 9.17) is 4.74 Å². The highest BCUT2D eigenvalue weighted by molar-refractivity contribution is 5.94. The van der Waals surface area contributed by atoms with Crippen molar-refractivity contribution in [3.8, 4) is 5.75 Å². The summed E-state index contributed by atoms with van der Waals surface area (Å²) in [6.07, 6.45) is -4.14. The minimum Gasteiger partial charge on any atom is -0.483 e. The summed E-state index contributed by atoms with van der Waals surface area (Å²) in [7, 11) is 0. The van der Waals surface area contributed by atoms with Crippen molar-refractivity contribution in [1.29, 1.82) is 0 Å². The quantitative estimate of drug-likeness (QED) is 0.524. The van der Waals surface area contributed by atoms with Crippen LogP contribution in [0, 0.1) is 0 Å². The zero-order valence-corrected chi connectivity index (χ0v) is 17.2. The molecule has 0 aliphatic rings. The molecule has 2 amide bonds. The first-order chi connectivity index (χ1) is 15.2. The van der Waals surface area contributed by atoms with E-state index in [-0.39, 0.29) is 5.69 Å². The van der Waals surface area contributed by atoms with Crippen LogP contribution in [0.1, 0.15) is 23.6 Å². The number of hydrogen-bond acceptors (Lipinski definition) is 3. The molecule has 5 nitrogen and oxygen atoms in total. The summed E-state index contributed by atoms with van der Waals surface area (Å²) in [6.45, 7) is 0.729. The summed E-state index contributed by atoms with van der Waals surface area (Å²) >= 11 is 0. The fraction of sp³-hybridized carbons (Fsp3) is 0.167. The lowest BCUT2D eigenvalue weighted by molar-refractivity contribution is -0.137. The van der Waals surface area contributed by atoms with E-state index in [0.29, 0.717) is 12.2 Å². The predicted molar refractivity (Wildman–Crippen MR) is 116 cm³/mol. The van der Waals surface area contributed by atoms with E-state index in [9.17, 15) is 22.8 Å². The highest BCUT2D eigenvalue weighted by Crippen LogP contribution is 2.36. The largest absolute Gasteiger partial charge is 0.483 e. The van der Waals surface area contributed by atoms with Gasteiger partial charge < -0.3 is 15.4 Å². The van der Waals surface area contributed by atoms with Crippen molar-refractivity contribution in [2.24, 2.45) is 0 Å². The molecule has 0 atom stereocenters. The average Bonchev–Trinajstić information content (AvgIpc) is 2.74. The number of benzene rings is 3. The monoisotopic (exact) mass is 442 g/mol. The molecule has 3 rings (SSSR count). The van der Waals surface area contributed by atoms with Gasteiger partial charge in [-0.3, -0.25) is 9.59 Å². The van der Waals surface area contributed by atoms with Gasteiger partial charge in [0.05, 0.1) is 11.3 Å². The first kappa shape index (κ1) is 22.9. The molecule has 166 valence electrons. The topological polar surface area (TPSA) is 67.4 Å².